The van der Waals surface area contributed by atoms with Gasteiger partial charge in [-0.2, -0.15) is 0 Å². The maximum Gasteiger partial charge on any atom is 0.0465 e. The minimum absolute atomic E-state index is 0.834. The predicted octanol–water partition coefficient (Wildman–Crippen LogP) is 12.7. The number of nitrogens with one attached hydrogen (secondary N) is 1. The summed E-state index contributed by atoms with van der Waals surface area (Å²) in [4.78, 5) is 4.62. The Balaban J connectivity index is -0.000000349. The molecular formula is C42H66N2. The van der Waals surface area contributed by atoms with E-state index in [-0.39, 0.29) is 0 Å². The molecule has 44 heavy (non-hydrogen) atoms. The molecule has 2 heteroatoms. The molecular weight excluding hydrogens is 532 g/mol. The third kappa shape index (κ3) is 21.8. The van der Waals surface area contributed by atoms with Crippen LogP contribution < -0.4 is 5.32 Å². The van der Waals surface area contributed by atoms with E-state index in [1.165, 1.54) is 47.1 Å². The molecule has 1 aliphatic carbocycles. The molecule has 0 amide bonds. The number of hydrogen-bond acceptors (Lipinski definition) is 2. The van der Waals surface area contributed by atoms with Gasteiger partial charge in [-0.1, -0.05) is 121 Å². The standard InChI is InChI=1S/C23H34N2.C11H14.2C2H6.C2H4.C2H2/c1-8-10-12-21(11-9-2)18(5)23(24-7)22(16-15-20-13-14-20)19(6)25-17(3)4;1-3-7-11-9-6-5-8-10(11)4-2;4*1-2/h8-12,16,20,24H,3,13-15H2,1-2,4-7H3;4-6,8-9H,2-3,7H2,1H3;2*1-2H3;1-2H2;1-2H/b10-8+,11-9-,21-12+,22-16+,23-18-,25-19?;;;;;. The van der Waals surface area contributed by atoms with E-state index in [0.717, 1.165) is 35.9 Å². The first-order valence-corrected chi connectivity index (χ1v) is 16.1. The van der Waals surface area contributed by atoms with Crippen LogP contribution in [0.5, 0.6) is 0 Å². The molecule has 1 aromatic carbocycles. The third-order valence-electron chi connectivity index (χ3n) is 6.04. The van der Waals surface area contributed by atoms with Gasteiger partial charge in [0.25, 0.3) is 0 Å². The molecule has 1 fully saturated rings. The number of benzene rings is 1. The molecule has 2 nitrogen and oxygen atoms in total. The van der Waals surface area contributed by atoms with Gasteiger partial charge in [0.15, 0.2) is 0 Å². The van der Waals surface area contributed by atoms with Crippen LogP contribution in [0.3, 0.4) is 0 Å². The first-order chi connectivity index (χ1) is 21.3. The second kappa shape index (κ2) is 33.7. The van der Waals surface area contributed by atoms with Gasteiger partial charge in [-0.05, 0) is 88.5 Å². The average molecular weight is 599 g/mol. The SMILES string of the molecule is C#C.C=C.C=C(C)N=C(C)C(=C\CC1CC1)/C(NC)=C(C)/C(/C=C\C)=C/C=C/C.C=Cc1ccccc1CCC.CC.CC. The average Bonchev–Trinajstić information content (AvgIpc) is 3.90. The molecule has 0 aliphatic heterocycles. The highest BCUT2D eigenvalue weighted by atomic mass is 14.9. The topological polar surface area (TPSA) is 24.4 Å². The Morgan fingerprint density at radius 1 is 1.00 bits per heavy atom. The van der Waals surface area contributed by atoms with Gasteiger partial charge >= 0.3 is 0 Å². The number of likely N-dealkylation sites (N-methyl/N-ethyl adjacent to an activating group) is 1. The van der Waals surface area contributed by atoms with Crippen molar-refractivity contribution in [1.82, 2.24) is 5.32 Å². The molecule has 0 radical (unpaired) electrons. The number of rotatable bonds is 12. The van der Waals surface area contributed by atoms with Gasteiger partial charge in [0.1, 0.15) is 0 Å². The fourth-order valence-electron chi connectivity index (χ4n) is 4.00. The van der Waals surface area contributed by atoms with Gasteiger partial charge in [-0.25, -0.2) is 0 Å². The second-order valence-electron chi connectivity index (χ2n) is 9.28. The fourth-order valence-corrected chi connectivity index (χ4v) is 4.00. The van der Waals surface area contributed by atoms with Gasteiger partial charge in [0, 0.05) is 29.7 Å². The molecule has 1 N–H and O–H groups in total. The Morgan fingerprint density at radius 2 is 1.57 bits per heavy atom. The van der Waals surface area contributed by atoms with Crippen LogP contribution in [0.4, 0.5) is 0 Å². The minimum atomic E-state index is 0.834. The van der Waals surface area contributed by atoms with Gasteiger partial charge in [0.05, 0.1) is 0 Å². The van der Waals surface area contributed by atoms with Crippen LogP contribution in [0.1, 0.15) is 106 Å². The summed E-state index contributed by atoms with van der Waals surface area (Å²) in [5.74, 6) is 0.847. The largest absolute Gasteiger partial charge is 0.387 e. The summed E-state index contributed by atoms with van der Waals surface area (Å²) in [6, 6.07) is 8.41. The van der Waals surface area contributed by atoms with Crippen LogP contribution in [0, 0.1) is 18.8 Å². The Bertz CT molecular complexity index is 1100. The van der Waals surface area contributed by atoms with Crippen molar-refractivity contribution in [2.45, 2.75) is 101 Å². The van der Waals surface area contributed by atoms with E-state index in [4.69, 9.17) is 0 Å². The number of nitrogens with zero attached hydrogens (tertiary/aromatic N) is 1. The zero-order valence-electron chi connectivity index (χ0n) is 30.4. The number of hydrogen-bond donors (Lipinski definition) is 1. The predicted molar refractivity (Wildman–Crippen MR) is 207 cm³/mol. The summed E-state index contributed by atoms with van der Waals surface area (Å²) in [5.41, 5.74) is 9.27. The Labute approximate surface area is 275 Å². The normalized spacial score (nSPS) is 13.1. The van der Waals surface area contributed by atoms with Crippen LogP contribution in [0.2, 0.25) is 0 Å². The zero-order valence-corrected chi connectivity index (χ0v) is 30.4. The second-order valence-corrected chi connectivity index (χ2v) is 9.28. The van der Waals surface area contributed by atoms with E-state index in [2.05, 4.69) is 125 Å². The summed E-state index contributed by atoms with van der Waals surface area (Å²) in [7, 11) is 1.99. The lowest BCUT2D eigenvalue weighted by Gasteiger charge is -2.17. The quantitative estimate of drug-likeness (QED) is 0.110. The molecule has 1 saturated carbocycles. The van der Waals surface area contributed by atoms with E-state index >= 15 is 0 Å². The third-order valence-corrected chi connectivity index (χ3v) is 6.04. The minimum Gasteiger partial charge on any atom is -0.387 e. The number of aliphatic imine (C=N–C) groups is 1. The van der Waals surface area contributed by atoms with Crippen molar-refractivity contribution in [1.29, 1.82) is 0 Å². The Hall–Kier alpha value is -3.83. The molecule has 0 saturated heterocycles. The van der Waals surface area contributed by atoms with Crippen molar-refractivity contribution >= 4 is 11.8 Å². The zero-order chi connectivity index (χ0) is 34.9. The van der Waals surface area contributed by atoms with Gasteiger partial charge in [0.2, 0.25) is 0 Å². The monoisotopic (exact) mass is 599 g/mol. The lowest BCUT2D eigenvalue weighted by molar-refractivity contribution is 0.855. The highest BCUT2D eigenvalue weighted by molar-refractivity contribution is 6.02. The van der Waals surface area contributed by atoms with Gasteiger partial charge in [-0.15, -0.1) is 26.0 Å². The summed E-state index contributed by atoms with van der Waals surface area (Å²) < 4.78 is 0. The van der Waals surface area contributed by atoms with Crippen LogP contribution in [-0.2, 0) is 6.42 Å². The van der Waals surface area contributed by atoms with E-state index in [0.29, 0.717) is 0 Å². The number of terminal acetylenes is 1. The van der Waals surface area contributed by atoms with Crippen LogP contribution in [0.15, 0.2) is 120 Å². The lowest BCUT2D eigenvalue weighted by Crippen LogP contribution is -2.16. The summed E-state index contributed by atoms with van der Waals surface area (Å²) in [5, 5.41) is 3.42. The van der Waals surface area contributed by atoms with Crippen LogP contribution in [-0.4, -0.2) is 12.8 Å². The molecule has 0 unspecified atom stereocenters. The van der Waals surface area contributed by atoms with Gasteiger partial charge in [-0.3, -0.25) is 4.99 Å². The molecule has 0 heterocycles. The molecule has 244 valence electrons. The molecule has 2 rings (SSSR count). The van der Waals surface area contributed by atoms with Crippen molar-refractivity contribution in [2.24, 2.45) is 10.9 Å². The first-order valence-electron chi connectivity index (χ1n) is 16.1. The van der Waals surface area contributed by atoms with Crippen molar-refractivity contribution in [3.05, 3.63) is 126 Å². The summed E-state index contributed by atoms with van der Waals surface area (Å²) in [6.45, 7) is 34.2. The first kappa shape index (κ1) is 47.1. The molecule has 0 bridgehead atoms. The fraction of sp³-hybridized carbons (Fsp3) is 0.405. The van der Waals surface area contributed by atoms with Crippen molar-refractivity contribution < 1.29 is 0 Å². The van der Waals surface area contributed by atoms with E-state index in [1.54, 1.807) is 0 Å². The Kier molecular flexibility index (Phi) is 36.0. The maximum absolute atomic E-state index is 4.62. The maximum atomic E-state index is 4.62. The summed E-state index contributed by atoms with van der Waals surface area (Å²) in [6.07, 6.45) is 28.9. The van der Waals surface area contributed by atoms with Crippen LogP contribution >= 0.6 is 0 Å². The van der Waals surface area contributed by atoms with Crippen molar-refractivity contribution in [3.63, 3.8) is 0 Å². The number of allylic oxidation sites excluding steroid dienone is 10. The smallest absolute Gasteiger partial charge is 0.0465 e. The van der Waals surface area contributed by atoms with Crippen molar-refractivity contribution in [3.8, 4) is 12.8 Å². The highest BCUT2D eigenvalue weighted by Gasteiger charge is 2.21. The highest BCUT2D eigenvalue weighted by Crippen LogP contribution is 2.34. The summed E-state index contributed by atoms with van der Waals surface area (Å²) >= 11 is 0. The van der Waals surface area contributed by atoms with E-state index < -0.39 is 0 Å². The lowest BCUT2D eigenvalue weighted by atomic mass is 9.96. The van der Waals surface area contributed by atoms with Crippen LogP contribution in [0.25, 0.3) is 6.08 Å². The van der Waals surface area contributed by atoms with Crippen molar-refractivity contribution in [2.75, 3.05) is 7.05 Å². The Morgan fingerprint density at radius 3 is 2.00 bits per heavy atom. The molecule has 0 aromatic heterocycles. The molecule has 1 aliphatic rings. The number of aryl methyl sites for hydroxylation is 1. The molecule has 0 spiro atoms. The van der Waals surface area contributed by atoms with E-state index in [1.807, 2.05) is 67.7 Å². The van der Waals surface area contributed by atoms with E-state index in [9.17, 15) is 0 Å². The molecule has 1 aromatic rings. The molecule has 0 atom stereocenters. The van der Waals surface area contributed by atoms with Gasteiger partial charge < -0.3 is 5.32 Å².